The summed E-state index contributed by atoms with van der Waals surface area (Å²) >= 11 is 3.28. The van der Waals surface area contributed by atoms with E-state index in [-0.39, 0.29) is 11.5 Å². The number of hydrogen-bond acceptors (Lipinski definition) is 2. The average Bonchev–Trinajstić information content (AvgIpc) is 2.38. The predicted octanol–water partition coefficient (Wildman–Crippen LogP) is 2.49. The fourth-order valence-corrected chi connectivity index (χ4v) is 2.04. The molecule has 2 N–H and O–H groups in total. The van der Waals surface area contributed by atoms with E-state index in [0.29, 0.717) is 5.92 Å². The second-order valence-electron chi connectivity index (χ2n) is 3.97. The summed E-state index contributed by atoms with van der Waals surface area (Å²) < 4.78 is 6.23. The van der Waals surface area contributed by atoms with Gasteiger partial charge in [-0.1, -0.05) is 13.8 Å². The number of hydrogen-bond donors (Lipinski definition) is 1. The van der Waals surface area contributed by atoms with Crippen LogP contribution in [0, 0.1) is 5.41 Å². The zero-order valence-corrected chi connectivity index (χ0v) is 8.76. The zero-order valence-electron chi connectivity index (χ0n) is 7.17. The molecule has 0 amide bonds. The first-order valence-corrected chi connectivity index (χ1v) is 4.83. The quantitative estimate of drug-likeness (QED) is 0.804. The number of rotatable bonds is 1. The normalized spacial score (nSPS) is 32.0. The Morgan fingerprint density at radius 3 is 2.42 bits per heavy atom. The van der Waals surface area contributed by atoms with Crippen LogP contribution in [0.2, 0.25) is 0 Å². The summed E-state index contributed by atoms with van der Waals surface area (Å²) in [5, 5.41) is 0. The van der Waals surface area contributed by atoms with Gasteiger partial charge < -0.3 is 10.2 Å². The fourth-order valence-electron chi connectivity index (χ4n) is 1.72. The summed E-state index contributed by atoms with van der Waals surface area (Å²) in [6.45, 7) is 4.33. The Morgan fingerprint density at radius 2 is 2.08 bits per heavy atom. The van der Waals surface area contributed by atoms with E-state index in [4.69, 9.17) is 10.2 Å². The van der Waals surface area contributed by atoms with Gasteiger partial charge >= 0.3 is 0 Å². The number of nitrogens with two attached hydrogens (primary N) is 1. The summed E-state index contributed by atoms with van der Waals surface area (Å²) in [5.74, 6) is 1.39. The molecule has 1 aromatic heterocycles. The monoisotopic (exact) mass is 229 g/mol. The van der Waals surface area contributed by atoms with E-state index in [1.54, 1.807) is 0 Å². The molecule has 2 unspecified atom stereocenters. The second kappa shape index (κ2) is 2.36. The van der Waals surface area contributed by atoms with Crippen LogP contribution in [0.4, 0.5) is 0 Å². The molecule has 3 heteroatoms. The van der Waals surface area contributed by atoms with Gasteiger partial charge in [-0.3, -0.25) is 0 Å². The highest BCUT2D eigenvalue weighted by Gasteiger charge is 2.57. The Balaban J connectivity index is 2.24. The highest BCUT2D eigenvalue weighted by atomic mass is 79.9. The molecule has 2 nitrogen and oxygen atoms in total. The Labute approximate surface area is 80.3 Å². The van der Waals surface area contributed by atoms with E-state index < -0.39 is 0 Å². The lowest BCUT2D eigenvalue weighted by molar-refractivity contribution is 0.465. The van der Waals surface area contributed by atoms with Crippen molar-refractivity contribution in [1.29, 1.82) is 0 Å². The largest absolute Gasteiger partial charge is 0.454 e. The molecule has 12 heavy (non-hydrogen) atoms. The topological polar surface area (TPSA) is 39.2 Å². The van der Waals surface area contributed by atoms with Crippen molar-refractivity contribution in [2.24, 2.45) is 11.1 Å². The molecule has 2 rings (SSSR count). The third-order valence-corrected chi connectivity index (χ3v) is 3.24. The van der Waals surface area contributed by atoms with E-state index in [2.05, 4.69) is 29.8 Å². The maximum absolute atomic E-state index is 5.91. The molecule has 1 saturated carbocycles. The lowest BCUT2D eigenvalue weighted by atomic mass is 10.1. The van der Waals surface area contributed by atoms with E-state index >= 15 is 0 Å². The minimum atomic E-state index is 0.206. The molecular weight excluding hydrogens is 218 g/mol. The van der Waals surface area contributed by atoms with Gasteiger partial charge in [0.2, 0.25) is 0 Å². The van der Waals surface area contributed by atoms with Gasteiger partial charge in [0, 0.05) is 12.0 Å². The van der Waals surface area contributed by atoms with E-state index in [9.17, 15) is 0 Å². The summed E-state index contributed by atoms with van der Waals surface area (Å²) in [4.78, 5) is 0. The van der Waals surface area contributed by atoms with Crippen LogP contribution in [0.25, 0.3) is 0 Å². The average molecular weight is 230 g/mol. The minimum Gasteiger partial charge on any atom is -0.454 e. The Hall–Kier alpha value is -0.280. The van der Waals surface area contributed by atoms with Crippen molar-refractivity contribution in [3.8, 4) is 0 Å². The van der Waals surface area contributed by atoms with Gasteiger partial charge in [-0.15, -0.1) is 0 Å². The summed E-state index contributed by atoms with van der Waals surface area (Å²) in [7, 11) is 0. The number of halogens is 1. The van der Waals surface area contributed by atoms with Gasteiger partial charge in [0.05, 0.1) is 0 Å². The van der Waals surface area contributed by atoms with Crippen molar-refractivity contribution in [3.63, 3.8) is 0 Å². The third kappa shape index (κ3) is 1.04. The van der Waals surface area contributed by atoms with E-state index in [1.165, 1.54) is 0 Å². The molecule has 0 bridgehead atoms. The molecule has 0 radical (unpaired) electrons. The summed E-state index contributed by atoms with van der Waals surface area (Å²) in [6, 6.07) is 4.15. The van der Waals surface area contributed by atoms with Crippen molar-refractivity contribution in [2.45, 2.75) is 25.8 Å². The highest BCUT2D eigenvalue weighted by molar-refractivity contribution is 9.10. The zero-order chi connectivity index (χ0) is 8.93. The Morgan fingerprint density at radius 1 is 1.50 bits per heavy atom. The first-order valence-electron chi connectivity index (χ1n) is 4.04. The Kier molecular flexibility index (Phi) is 1.64. The molecule has 0 aliphatic heterocycles. The first-order chi connectivity index (χ1) is 5.53. The lowest BCUT2D eigenvalue weighted by Crippen LogP contribution is -2.06. The summed E-state index contributed by atoms with van der Waals surface area (Å²) in [5.41, 5.74) is 6.12. The Bertz CT molecular complexity index is 305. The van der Waals surface area contributed by atoms with Gasteiger partial charge in [0.1, 0.15) is 5.76 Å². The lowest BCUT2D eigenvalue weighted by Gasteiger charge is -1.97. The third-order valence-electron chi connectivity index (χ3n) is 2.81. The van der Waals surface area contributed by atoms with Gasteiger partial charge in [-0.25, -0.2) is 0 Å². The van der Waals surface area contributed by atoms with Crippen molar-refractivity contribution in [1.82, 2.24) is 0 Å². The molecule has 0 aromatic carbocycles. The van der Waals surface area contributed by atoms with Crippen LogP contribution < -0.4 is 5.73 Å². The molecule has 1 aliphatic rings. The van der Waals surface area contributed by atoms with Gasteiger partial charge in [0.15, 0.2) is 4.67 Å². The van der Waals surface area contributed by atoms with Crippen LogP contribution in [0.1, 0.15) is 25.5 Å². The van der Waals surface area contributed by atoms with E-state index in [0.717, 1.165) is 10.4 Å². The van der Waals surface area contributed by atoms with Crippen molar-refractivity contribution < 1.29 is 4.42 Å². The van der Waals surface area contributed by atoms with Crippen LogP contribution in [0.5, 0.6) is 0 Å². The van der Waals surface area contributed by atoms with Crippen molar-refractivity contribution in [3.05, 3.63) is 22.6 Å². The first kappa shape index (κ1) is 8.32. The molecular formula is C9H12BrNO. The maximum Gasteiger partial charge on any atom is 0.169 e. The smallest absolute Gasteiger partial charge is 0.169 e. The molecule has 0 saturated heterocycles. The van der Waals surface area contributed by atoms with Gasteiger partial charge in [-0.05, 0) is 33.5 Å². The second-order valence-corrected chi connectivity index (χ2v) is 4.75. The van der Waals surface area contributed by atoms with E-state index in [1.807, 2.05) is 12.1 Å². The highest BCUT2D eigenvalue weighted by Crippen LogP contribution is 2.57. The molecule has 1 aromatic rings. The SMILES string of the molecule is CC1(C)C(N)C1c1ccc(Br)o1. The van der Waals surface area contributed by atoms with Gasteiger partial charge in [-0.2, -0.15) is 0 Å². The predicted molar refractivity (Wildman–Crippen MR) is 50.9 cm³/mol. The number of furan rings is 1. The minimum absolute atomic E-state index is 0.206. The van der Waals surface area contributed by atoms with Crippen molar-refractivity contribution in [2.75, 3.05) is 0 Å². The van der Waals surface area contributed by atoms with Crippen LogP contribution in [-0.2, 0) is 0 Å². The van der Waals surface area contributed by atoms with Crippen LogP contribution in [0.3, 0.4) is 0 Å². The standard InChI is InChI=1S/C9H12BrNO/c1-9(2)7(8(9)11)5-3-4-6(10)12-5/h3-4,7-8H,11H2,1-2H3. The molecule has 1 heterocycles. The maximum atomic E-state index is 5.91. The molecule has 2 atom stereocenters. The molecule has 0 spiro atoms. The van der Waals surface area contributed by atoms with Crippen molar-refractivity contribution >= 4 is 15.9 Å². The molecule has 66 valence electrons. The molecule has 1 aliphatic carbocycles. The summed E-state index contributed by atoms with van der Waals surface area (Å²) in [6.07, 6.45) is 0. The fraction of sp³-hybridized carbons (Fsp3) is 0.556. The van der Waals surface area contributed by atoms with Crippen LogP contribution in [0.15, 0.2) is 21.2 Å². The van der Waals surface area contributed by atoms with Gasteiger partial charge in [0.25, 0.3) is 0 Å². The van der Waals surface area contributed by atoms with Crippen LogP contribution in [-0.4, -0.2) is 6.04 Å². The molecule has 1 fully saturated rings. The van der Waals surface area contributed by atoms with Crippen LogP contribution >= 0.6 is 15.9 Å².